The zero-order valence-corrected chi connectivity index (χ0v) is 17.5. The average molecular weight is 421 g/mol. The predicted octanol–water partition coefficient (Wildman–Crippen LogP) is 5.41. The van der Waals surface area contributed by atoms with Crippen molar-refractivity contribution in [1.82, 2.24) is 4.90 Å². The highest BCUT2D eigenvalue weighted by molar-refractivity contribution is 8.18. The first kappa shape index (κ1) is 19.8. The highest BCUT2D eigenvalue weighted by atomic mass is 35.5. The van der Waals surface area contributed by atoms with Gasteiger partial charge in [-0.3, -0.25) is 14.7 Å². The van der Waals surface area contributed by atoms with E-state index in [2.05, 4.69) is 4.99 Å². The van der Waals surface area contributed by atoms with Crippen LogP contribution in [0.3, 0.4) is 0 Å². The van der Waals surface area contributed by atoms with Gasteiger partial charge in [-0.1, -0.05) is 53.0 Å². The van der Waals surface area contributed by atoms with Crippen molar-refractivity contribution < 1.29 is 9.53 Å². The molecule has 1 aliphatic rings. The zero-order valence-electron chi connectivity index (χ0n) is 15.1. The van der Waals surface area contributed by atoms with Gasteiger partial charge >= 0.3 is 0 Å². The van der Waals surface area contributed by atoms with E-state index >= 15 is 0 Å². The van der Waals surface area contributed by atoms with Crippen LogP contribution in [0.25, 0.3) is 6.08 Å². The van der Waals surface area contributed by atoms with Crippen LogP contribution in [0.1, 0.15) is 16.7 Å². The van der Waals surface area contributed by atoms with Crippen LogP contribution in [0.5, 0.6) is 5.75 Å². The highest BCUT2D eigenvalue weighted by Gasteiger charge is 2.29. The number of carbonyl (C=O) groups excluding carboxylic acids is 1. The number of rotatable bonds is 4. The SMILES string of the molecule is CN=C1S/C(=C/c2cc(Cl)c(OCc3ccc(C)cc3)c(Cl)c2)C(=O)N1C. The van der Waals surface area contributed by atoms with Gasteiger partial charge in [0.15, 0.2) is 10.9 Å². The molecule has 0 N–H and O–H groups in total. The zero-order chi connectivity index (χ0) is 19.6. The van der Waals surface area contributed by atoms with Gasteiger partial charge in [0.25, 0.3) is 5.91 Å². The number of ether oxygens (including phenoxy) is 1. The summed E-state index contributed by atoms with van der Waals surface area (Å²) in [5.41, 5.74) is 2.95. The van der Waals surface area contributed by atoms with Crippen LogP contribution >= 0.6 is 35.0 Å². The molecule has 2 aromatic carbocycles. The third-order valence-corrected chi connectivity index (χ3v) is 5.73. The second-order valence-electron chi connectivity index (χ2n) is 6.07. The Labute approximate surface area is 172 Å². The molecule has 4 nitrogen and oxygen atoms in total. The van der Waals surface area contributed by atoms with Gasteiger partial charge in [0.2, 0.25) is 0 Å². The van der Waals surface area contributed by atoms with Gasteiger partial charge < -0.3 is 4.74 Å². The molecule has 0 aliphatic carbocycles. The van der Waals surface area contributed by atoms with Crippen LogP contribution in [0.4, 0.5) is 0 Å². The van der Waals surface area contributed by atoms with Crippen LogP contribution in [0, 0.1) is 6.92 Å². The number of nitrogens with zero attached hydrogens (tertiary/aromatic N) is 2. The molecule has 0 spiro atoms. The Kier molecular flexibility index (Phi) is 6.15. The minimum Gasteiger partial charge on any atom is -0.486 e. The van der Waals surface area contributed by atoms with Crippen molar-refractivity contribution in [1.29, 1.82) is 0 Å². The largest absolute Gasteiger partial charge is 0.486 e. The second-order valence-corrected chi connectivity index (χ2v) is 7.89. The molecule has 3 rings (SSSR count). The van der Waals surface area contributed by atoms with E-state index < -0.39 is 0 Å². The lowest BCUT2D eigenvalue weighted by molar-refractivity contribution is -0.121. The summed E-state index contributed by atoms with van der Waals surface area (Å²) in [6, 6.07) is 11.5. The van der Waals surface area contributed by atoms with Crippen LogP contribution in [-0.4, -0.2) is 30.1 Å². The fraction of sp³-hybridized carbons (Fsp3) is 0.200. The molecule has 0 saturated carbocycles. The molecule has 1 heterocycles. The molecule has 1 aliphatic heterocycles. The van der Waals surface area contributed by atoms with Crippen molar-refractivity contribution in [2.24, 2.45) is 4.99 Å². The first-order chi connectivity index (χ1) is 12.9. The molecule has 1 amide bonds. The van der Waals surface area contributed by atoms with Crippen LogP contribution in [0.15, 0.2) is 46.3 Å². The number of thioether (sulfide) groups is 1. The summed E-state index contributed by atoms with van der Waals surface area (Å²) in [4.78, 5) is 18.4. The summed E-state index contributed by atoms with van der Waals surface area (Å²) in [5, 5.41) is 1.45. The summed E-state index contributed by atoms with van der Waals surface area (Å²) >= 11 is 14.1. The van der Waals surface area contributed by atoms with E-state index in [9.17, 15) is 4.79 Å². The van der Waals surface area contributed by atoms with E-state index in [-0.39, 0.29) is 5.91 Å². The Balaban J connectivity index is 1.80. The topological polar surface area (TPSA) is 41.9 Å². The van der Waals surface area contributed by atoms with Crippen LogP contribution in [-0.2, 0) is 11.4 Å². The summed E-state index contributed by atoms with van der Waals surface area (Å²) in [6.07, 6.45) is 1.75. The lowest BCUT2D eigenvalue weighted by atomic mass is 10.1. The molecule has 140 valence electrons. The Bertz CT molecular complexity index is 916. The standard InChI is InChI=1S/C20H18Cl2N2O2S/c1-12-4-6-13(7-5-12)11-26-18-15(21)8-14(9-16(18)22)10-17-19(25)24(3)20(23-2)27-17/h4-10H,11H2,1-3H3/b17-10+,23-20?. The molecular formula is C20H18Cl2N2O2S. The first-order valence-corrected chi connectivity index (χ1v) is 9.78. The Morgan fingerprint density at radius 3 is 2.37 bits per heavy atom. The fourth-order valence-corrected chi connectivity index (χ4v) is 4.08. The number of hydrogen-bond acceptors (Lipinski definition) is 4. The van der Waals surface area contributed by atoms with Crippen LogP contribution < -0.4 is 4.74 Å². The molecule has 1 saturated heterocycles. The molecule has 0 bridgehead atoms. The summed E-state index contributed by atoms with van der Waals surface area (Å²) in [6.45, 7) is 2.40. The first-order valence-electron chi connectivity index (χ1n) is 8.21. The molecule has 0 aromatic heterocycles. The monoisotopic (exact) mass is 420 g/mol. The van der Waals surface area contributed by atoms with Gasteiger partial charge in [-0.05, 0) is 48.0 Å². The quantitative estimate of drug-likeness (QED) is 0.620. The number of hydrogen-bond donors (Lipinski definition) is 0. The summed E-state index contributed by atoms with van der Waals surface area (Å²) in [5.74, 6) is 0.326. The number of halogens is 2. The van der Waals surface area contributed by atoms with Crippen molar-refractivity contribution in [3.05, 3.63) is 68.0 Å². The van der Waals surface area contributed by atoms with Crippen LogP contribution in [0.2, 0.25) is 10.0 Å². The van der Waals surface area contributed by atoms with Crippen molar-refractivity contribution >= 4 is 52.1 Å². The van der Waals surface area contributed by atoms with E-state index in [1.54, 1.807) is 32.3 Å². The number of amidine groups is 1. The minimum atomic E-state index is -0.104. The van der Waals surface area contributed by atoms with Gasteiger partial charge in [0.1, 0.15) is 6.61 Å². The van der Waals surface area contributed by atoms with Gasteiger partial charge in [-0.15, -0.1) is 0 Å². The number of carbonyl (C=O) groups is 1. The summed E-state index contributed by atoms with van der Waals surface area (Å²) < 4.78 is 5.81. The average Bonchev–Trinajstić information content (AvgIpc) is 2.90. The maximum absolute atomic E-state index is 12.3. The van der Waals surface area contributed by atoms with E-state index in [1.165, 1.54) is 22.2 Å². The molecule has 2 aromatic rings. The Morgan fingerprint density at radius 1 is 1.19 bits per heavy atom. The maximum Gasteiger partial charge on any atom is 0.266 e. The van der Waals surface area contributed by atoms with Crippen molar-refractivity contribution in [2.75, 3.05) is 14.1 Å². The van der Waals surface area contributed by atoms with Gasteiger partial charge in [-0.25, -0.2) is 0 Å². The second kappa shape index (κ2) is 8.38. The third-order valence-electron chi connectivity index (χ3n) is 4.02. The number of amides is 1. The molecule has 27 heavy (non-hydrogen) atoms. The summed E-state index contributed by atoms with van der Waals surface area (Å²) in [7, 11) is 3.35. The number of benzene rings is 2. The smallest absolute Gasteiger partial charge is 0.266 e. The molecule has 0 radical (unpaired) electrons. The number of aryl methyl sites for hydroxylation is 1. The lowest BCUT2D eigenvalue weighted by Crippen LogP contribution is -2.23. The lowest BCUT2D eigenvalue weighted by Gasteiger charge is -2.11. The Hall–Kier alpha value is -1.95. The minimum absolute atomic E-state index is 0.104. The van der Waals surface area contributed by atoms with Crippen molar-refractivity contribution in [2.45, 2.75) is 13.5 Å². The Morgan fingerprint density at radius 2 is 1.81 bits per heavy atom. The van der Waals surface area contributed by atoms with Crippen molar-refractivity contribution in [3.63, 3.8) is 0 Å². The molecule has 1 fully saturated rings. The molecule has 7 heteroatoms. The molecular weight excluding hydrogens is 403 g/mol. The van der Waals surface area contributed by atoms with E-state index in [0.717, 1.165) is 11.1 Å². The van der Waals surface area contributed by atoms with Gasteiger partial charge in [0, 0.05) is 14.1 Å². The van der Waals surface area contributed by atoms with Gasteiger partial charge in [-0.2, -0.15) is 0 Å². The number of likely N-dealkylation sites (N-methyl/N-ethyl adjacent to an activating group) is 1. The van der Waals surface area contributed by atoms with E-state index in [4.69, 9.17) is 27.9 Å². The predicted molar refractivity (Wildman–Crippen MR) is 114 cm³/mol. The van der Waals surface area contributed by atoms with E-state index in [0.29, 0.717) is 32.5 Å². The van der Waals surface area contributed by atoms with Crippen molar-refractivity contribution in [3.8, 4) is 5.75 Å². The molecule has 0 unspecified atom stereocenters. The third kappa shape index (κ3) is 4.49. The van der Waals surface area contributed by atoms with Gasteiger partial charge in [0.05, 0.1) is 15.0 Å². The molecule has 0 atom stereocenters. The maximum atomic E-state index is 12.3. The van der Waals surface area contributed by atoms with E-state index in [1.807, 2.05) is 31.2 Å². The number of aliphatic imine (C=N–C) groups is 1. The normalized spacial score (nSPS) is 17.2. The highest BCUT2D eigenvalue weighted by Crippen LogP contribution is 2.37. The fourth-order valence-electron chi connectivity index (χ4n) is 2.54.